The zero-order chi connectivity index (χ0) is 20.1. The van der Waals surface area contributed by atoms with Crippen LogP contribution in [0.1, 0.15) is 70.1 Å². The Morgan fingerprint density at radius 1 is 0.893 bits per heavy atom. The van der Waals surface area contributed by atoms with Crippen LogP contribution in [-0.2, 0) is 11.0 Å². The highest BCUT2D eigenvalue weighted by atomic mass is 15.1. The van der Waals surface area contributed by atoms with Crippen LogP contribution >= 0.6 is 0 Å². The molecule has 0 saturated heterocycles. The van der Waals surface area contributed by atoms with Gasteiger partial charge in [-0.15, -0.1) is 0 Å². The van der Waals surface area contributed by atoms with E-state index in [0.717, 1.165) is 12.8 Å². The van der Waals surface area contributed by atoms with Gasteiger partial charge in [0, 0.05) is 18.9 Å². The molecular formula is C27H34N+. The van der Waals surface area contributed by atoms with Crippen LogP contribution < -0.4 is 4.57 Å². The molecule has 0 amide bonds. The van der Waals surface area contributed by atoms with E-state index in [-0.39, 0.29) is 11.0 Å². The maximum Gasteiger partial charge on any atom is 0.221 e. The van der Waals surface area contributed by atoms with Crippen molar-refractivity contribution in [3.8, 4) is 11.3 Å². The topological polar surface area (TPSA) is 3.88 Å². The lowest BCUT2D eigenvalue weighted by molar-refractivity contribution is -0.769. The Kier molecular flexibility index (Phi) is 4.61. The van der Waals surface area contributed by atoms with Crippen molar-refractivity contribution < 1.29 is 4.57 Å². The molecule has 0 saturated carbocycles. The highest BCUT2D eigenvalue weighted by Crippen LogP contribution is 2.53. The third-order valence-corrected chi connectivity index (χ3v) is 7.79. The molecule has 2 aromatic carbocycles. The fourth-order valence-corrected chi connectivity index (χ4v) is 5.90. The predicted molar refractivity (Wildman–Crippen MR) is 120 cm³/mol. The normalized spacial score (nSPS) is 23.5. The van der Waals surface area contributed by atoms with Crippen molar-refractivity contribution in [1.29, 1.82) is 0 Å². The van der Waals surface area contributed by atoms with E-state index in [1.165, 1.54) is 46.0 Å². The van der Waals surface area contributed by atoms with Gasteiger partial charge in [0.2, 0.25) is 5.69 Å². The number of aryl methyl sites for hydroxylation is 2. The first-order valence-corrected chi connectivity index (χ1v) is 11.0. The van der Waals surface area contributed by atoms with Crippen molar-refractivity contribution >= 4 is 10.8 Å². The van der Waals surface area contributed by atoms with Crippen LogP contribution in [0.3, 0.4) is 0 Å². The van der Waals surface area contributed by atoms with Gasteiger partial charge < -0.3 is 0 Å². The van der Waals surface area contributed by atoms with Gasteiger partial charge in [0.1, 0.15) is 0 Å². The fraction of sp³-hybridized carbons (Fsp3) is 0.444. The van der Waals surface area contributed by atoms with Crippen molar-refractivity contribution in [1.82, 2.24) is 0 Å². The average molecular weight is 373 g/mol. The molecule has 0 aliphatic carbocycles. The van der Waals surface area contributed by atoms with E-state index in [4.69, 9.17) is 0 Å². The largest absolute Gasteiger partial charge is 0.221 e. The summed E-state index contributed by atoms with van der Waals surface area (Å²) in [5.74, 6) is 0. The van der Waals surface area contributed by atoms with E-state index >= 15 is 0 Å². The van der Waals surface area contributed by atoms with Gasteiger partial charge in [-0.2, -0.15) is 4.57 Å². The molecule has 1 heteroatoms. The molecule has 0 N–H and O–H groups in total. The summed E-state index contributed by atoms with van der Waals surface area (Å²) in [6.07, 6.45) is 7.07. The van der Waals surface area contributed by atoms with Gasteiger partial charge in [0.05, 0.1) is 16.4 Å². The van der Waals surface area contributed by atoms with Crippen LogP contribution in [-0.4, -0.2) is 0 Å². The summed E-state index contributed by atoms with van der Waals surface area (Å²) in [5, 5.41) is 2.71. The average Bonchev–Trinajstić information content (AvgIpc) is 2.72. The molecule has 0 fully saturated rings. The summed E-state index contributed by atoms with van der Waals surface area (Å²) in [6.45, 7) is 14.1. The smallest absolute Gasteiger partial charge is 0.191 e. The number of nitrogens with zero attached hydrogens (tertiary/aromatic N) is 1. The third kappa shape index (κ3) is 2.35. The predicted octanol–water partition coefficient (Wildman–Crippen LogP) is 7.00. The minimum absolute atomic E-state index is 0.102. The van der Waals surface area contributed by atoms with Gasteiger partial charge in [0.25, 0.3) is 0 Å². The molecule has 0 bridgehead atoms. The van der Waals surface area contributed by atoms with Crippen molar-refractivity contribution in [2.75, 3.05) is 0 Å². The minimum atomic E-state index is 0.102. The van der Waals surface area contributed by atoms with E-state index in [1.54, 1.807) is 5.56 Å². The van der Waals surface area contributed by atoms with Gasteiger partial charge >= 0.3 is 0 Å². The van der Waals surface area contributed by atoms with Crippen molar-refractivity contribution in [3.05, 3.63) is 65.4 Å². The Hall–Kier alpha value is -2.15. The number of rotatable bonds is 4. The molecule has 1 aliphatic rings. The van der Waals surface area contributed by atoms with E-state index in [2.05, 4.69) is 94.8 Å². The third-order valence-electron chi connectivity index (χ3n) is 7.79. The van der Waals surface area contributed by atoms with Gasteiger partial charge in [-0.1, -0.05) is 45.0 Å². The Morgan fingerprint density at radius 2 is 1.61 bits per heavy atom. The Balaban J connectivity index is 2.23. The lowest BCUT2D eigenvalue weighted by atomic mass is 9.58. The molecule has 1 nitrogen and oxygen atoms in total. The molecule has 3 aromatic rings. The minimum Gasteiger partial charge on any atom is -0.191 e. The molecule has 2 heterocycles. The number of benzene rings is 2. The molecular weight excluding hydrogens is 338 g/mol. The second kappa shape index (κ2) is 6.72. The summed E-state index contributed by atoms with van der Waals surface area (Å²) in [7, 11) is 0. The summed E-state index contributed by atoms with van der Waals surface area (Å²) in [4.78, 5) is 0. The second-order valence-corrected chi connectivity index (χ2v) is 8.92. The van der Waals surface area contributed by atoms with Crippen molar-refractivity contribution in [2.24, 2.45) is 0 Å². The first kappa shape index (κ1) is 19.2. The maximum absolute atomic E-state index is 2.67. The number of pyridine rings is 1. The van der Waals surface area contributed by atoms with Gasteiger partial charge in [-0.3, -0.25) is 0 Å². The van der Waals surface area contributed by atoms with Crippen LogP contribution in [0.2, 0.25) is 0 Å². The first-order valence-electron chi connectivity index (χ1n) is 11.0. The lowest BCUT2D eigenvalue weighted by Crippen LogP contribution is -2.69. The zero-order valence-corrected chi connectivity index (χ0v) is 18.4. The Bertz CT molecular complexity index is 1050. The van der Waals surface area contributed by atoms with Gasteiger partial charge in [-0.25, -0.2) is 0 Å². The maximum atomic E-state index is 2.67. The quantitative estimate of drug-likeness (QED) is 0.434. The summed E-state index contributed by atoms with van der Waals surface area (Å²) in [6, 6.07) is 16.2. The summed E-state index contributed by atoms with van der Waals surface area (Å²) >= 11 is 0. The van der Waals surface area contributed by atoms with Crippen molar-refractivity contribution in [3.63, 3.8) is 0 Å². The van der Waals surface area contributed by atoms with E-state index < -0.39 is 0 Å². The van der Waals surface area contributed by atoms with Crippen LogP contribution in [0, 0.1) is 13.8 Å². The van der Waals surface area contributed by atoms with E-state index in [0.29, 0.717) is 0 Å². The molecule has 146 valence electrons. The molecule has 1 aromatic heterocycles. The molecule has 28 heavy (non-hydrogen) atoms. The van der Waals surface area contributed by atoms with Crippen LogP contribution in [0.25, 0.3) is 22.0 Å². The highest BCUT2D eigenvalue weighted by molar-refractivity contribution is 5.94. The van der Waals surface area contributed by atoms with E-state index in [9.17, 15) is 0 Å². The number of hydrogen-bond donors (Lipinski definition) is 0. The standard InChI is InChI=1S/C27H34N/c1-7-15-27(9-3)26(6,8-2)24-18-20(5)19(4)17-23(24)25-22-13-11-10-12-21(22)14-16-28(25)27/h10-14,16-18H,7-9,15H2,1-6H3/q+1. The number of aromatic nitrogens is 1. The van der Waals surface area contributed by atoms with Crippen molar-refractivity contribution in [2.45, 2.75) is 78.2 Å². The zero-order valence-electron chi connectivity index (χ0n) is 18.4. The second-order valence-electron chi connectivity index (χ2n) is 8.92. The SMILES string of the molecule is CCCC1(CC)[n+]2ccc3ccccc3c2-c2cc(C)c(C)cc2C1(C)CC. The fourth-order valence-electron chi connectivity index (χ4n) is 5.90. The summed E-state index contributed by atoms with van der Waals surface area (Å²) in [5.41, 5.74) is 7.41. The Labute approximate surface area is 170 Å². The van der Waals surface area contributed by atoms with Crippen LogP contribution in [0.15, 0.2) is 48.7 Å². The van der Waals surface area contributed by atoms with Gasteiger partial charge in [-0.05, 0) is 67.8 Å². The summed E-state index contributed by atoms with van der Waals surface area (Å²) < 4.78 is 2.67. The van der Waals surface area contributed by atoms with Crippen LogP contribution in [0.4, 0.5) is 0 Å². The Morgan fingerprint density at radius 3 is 2.29 bits per heavy atom. The molecule has 2 unspecified atom stereocenters. The monoisotopic (exact) mass is 372 g/mol. The molecule has 4 rings (SSSR count). The number of hydrogen-bond acceptors (Lipinski definition) is 0. The van der Waals surface area contributed by atoms with Gasteiger partial charge in [0.15, 0.2) is 11.7 Å². The lowest BCUT2D eigenvalue weighted by Gasteiger charge is -2.48. The number of fused-ring (bicyclic) bond motifs is 5. The molecule has 2 atom stereocenters. The van der Waals surface area contributed by atoms with E-state index in [1.807, 2.05) is 0 Å². The molecule has 0 radical (unpaired) electrons. The molecule has 1 aliphatic heterocycles. The first-order chi connectivity index (χ1) is 13.4. The van der Waals surface area contributed by atoms with Crippen LogP contribution in [0.5, 0.6) is 0 Å². The highest BCUT2D eigenvalue weighted by Gasteiger charge is 2.59. The molecule has 0 spiro atoms.